The Morgan fingerprint density at radius 1 is 0.864 bits per heavy atom. The van der Waals surface area contributed by atoms with Gasteiger partial charge in [0, 0.05) is 23.0 Å². The fourth-order valence-corrected chi connectivity index (χ4v) is 2.50. The summed E-state index contributed by atoms with van der Waals surface area (Å²) in [6.07, 6.45) is 4.61. The normalized spacial score (nSPS) is 17.8. The molecule has 1 aromatic carbocycles. The Morgan fingerprint density at radius 2 is 1.68 bits per heavy atom. The van der Waals surface area contributed by atoms with Gasteiger partial charge in [0.1, 0.15) is 0 Å². The summed E-state index contributed by atoms with van der Waals surface area (Å²) in [6.45, 7) is 0. The quantitative estimate of drug-likeness (QED) is 0.732. The van der Waals surface area contributed by atoms with Crippen LogP contribution in [0.2, 0.25) is 0 Å². The molecule has 0 saturated heterocycles. The smallest absolute Gasteiger partial charge is 0.257 e. The second-order valence-corrected chi connectivity index (χ2v) is 6.04. The first-order valence-corrected chi connectivity index (χ1v) is 7.65. The first kappa shape index (κ1) is 12.1. The van der Waals surface area contributed by atoms with Crippen LogP contribution in [0.1, 0.15) is 49.2 Å². The second-order valence-electron chi connectivity index (χ2n) is 6.04. The van der Waals surface area contributed by atoms with Crippen LogP contribution in [0, 0.1) is 0 Å². The van der Waals surface area contributed by atoms with Crippen LogP contribution in [0.5, 0.6) is 0 Å². The Balaban J connectivity index is 1.48. The van der Waals surface area contributed by atoms with Crippen molar-refractivity contribution in [3.8, 4) is 22.8 Å². The highest BCUT2D eigenvalue weighted by atomic mass is 16.5. The van der Waals surface area contributed by atoms with Gasteiger partial charge in [-0.05, 0) is 37.8 Å². The monoisotopic (exact) mass is 294 g/mol. The van der Waals surface area contributed by atoms with Crippen molar-refractivity contribution in [3.05, 3.63) is 36.0 Å². The largest absolute Gasteiger partial charge is 0.339 e. The van der Waals surface area contributed by atoms with Crippen molar-refractivity contribution in [3.63, 3.8) is 0 Å². The van der Waals surface area contributed by atoms with Crippen molar-refractivity contribution in [1.29, 1.82) is 0 Å². The van der Waals surface area contributed by atoms with Crippen LogP contribution < -0.4 is 0 Å². The highest BCUT2D eigenvalue weighted by molar-refractivity contribution is 5.64. The highest BCUT2D eigenvalue weighted by Gasteiger charge is 2.30. The standard InChI is InChI=1S/C16H14N4O2/c1-2-11(14-18-15(21-20-14)10-6-7-10)8-12(3-1)16-17-13(19-22-16)9-4-5-9/h1-3,8-10H,4-7H2. The SMILES string of the molecule is c1cc(-c2noc(C3CC3)n2)cc(-c2nc(C3CC3)no2)c1. The van der Waals surface area contributed by atoms with Gasteiger partial charge in [-0.2, -0.15) is 9.97 Å². The fraction of sp³-hybridized carbons (Fsp3) is 0.375. The first-order valence-electron chi connectivity index (χ1n) is 7.65. The summed E-state index contributed by atoms with van der Waals surface area (Å²) in [5.74, 6) is 3.67. The Kier molecular flexibility index (Phi) is 2.47. The van der Waals surface area contributed by atoms with Crippen LogP contribution in [-0.4, -0.2) is 20.3 Å². The molecule has 2 aliphatic rings. The molecule has 0 amide bonds. The average Bonchev–Trinajstić information content (AvgIpc) is 3.49. The van der Waals surface area contributed by atoms with Crippen molar-refractivity contribution in [2.45, 2.75) is 37.5 Å². The molecule has 22 heavy (non-hydrogen) atoms. The van der Waals surface area contributed by atoms with Gasteiger partial charge in [0.2, 0.25) is 11.7 Å². The predicted molar refractivity (Wildman–Crippen MR) is 77.0 cm³/mol. The van der Waals surface area contributed by atoms with Crippen molar-refractivity contribution in [1.82, 2.24) is 20.3 Å². The molecule has 6 nitrogen and oxygen atoms in total. The lowest BCUT2D eigenvalue weighted by molar-refractivity contribution is 0.380. The molecule has 3 aromatic rings. The van der Waals surface area contributed by atoms with Crippen molar-refractivity contribution in [2.24, 2.45) is 0 Å². The lowest BCUT2D eigenvalue weighted by atomic mass is 10.1. The number of hydrogen-bond acceptors (Lipinski definition) is 6. The Morgan fingerprint density at radius 3 is 2.50 bits per heavy atom. The lowest BCUT2D eigenvalue weighted by Crippen LogP contribution is -1.85. The van der Waals surface area contributed by atoms with E-state index in [1.165, 1.54) is 0 Å². The molecule has 110 valence electrons. The Bertz CT molecular complexity index is 765. The van der Waals surface area contributed by atoms with E-state index in [-0.39, 0.29) is 0 Å². The Labute approximate surface area is 126 Å². The number of hydrogen-bond donors (Lipinski definition) is 0. The molecule has 2 saturated carbocycles. The van der Waals surface area contributed by atoms with Gasteiger partial charge in [-0.25, -0.2) is 0 Å². The molecular formula is C16H14N4O2. The third kappa shape index (κ3) is 2.11. The fourth-order valence-electron chi connectivity index (χ4n) is 2.50. The molecule has 6 heteroatoms. The summed E-state index contributed by atoms with van der Waals surface area (Å²) in [7, 11) is 0. The van der Waals surface area contributed by atoms with Crippen molar-refractivity contribution < 1.29 is 9.05 Å². The van der Waals surface area contributed by atoms with E-state index in [0.29, 0.717) is 23.6 Å². The van der Waals surface area contributed by atoms with E-state index in [1.807, 2.05) is 24.3 Å². The summed E-state index contributed by atoms with van der Waals surface area (Å²) in [6, 6.07) is 7.82. The van der Waals surface area contributed by atoms with Crippen LogP contribution >= 0.6 is 0 Å². The molecule has 2 heterocycles. The van der Waals surface area contributed by atoms with E-state index >= 15 is 0 Å². The molecule has 5 rings (SSSR count). The summed E-state index contributed by atoms with van der Waals surface area (Å²) in [4.78, 5) is 8.95. The van der Waals surface area contributed by atoms with E-state index in [9.17, 15) is 0 Å². The maximum Gasteiger partial charge on any atom is 0.257 e. The van der Waals surface area contributed by atoms with Crippen LogP contribution in [0.3, 0.4) is 0 Å². The van der Waals surface area contributed by atoms with Crippen LogP contribution in [0.25, 0.3) is 22.8 Å². The van der Waals surface area contributed by atoms with Crippen LogP contribution in [0.4, 0.5) is 0 Å². The number of benzene rings is 1. The Hall–Kier alpha value is -2.50. The average molecular weight is 294 g/mol. The molecule has 2 fully saturated rings. The van der Waals surface area contributed by atoms with Gasteiger partial charge in [-0.3, -0.25) is 0 Å². The molecule has 0 aliphatic heterocycles. The molecule has 2 aromatic heterocycles. The van der Waals surface area contributed by atoms with Crippen molar-refractivity contribution in [2.75, 3.05) is 0 Å². The van der Waals surface area contributed by atoms with E-state index in [0.717, 1.165) is 48.5 Å². The second kappa shape index (κ2) is 4.50. The minimum Gasteiger partial charge on any atom is -0.339 e. The predicted octanol–water partition coefficient (Wildman–Crippen LogP) is 3.54. The number of aromatic nitrogens is 4. The summed E-state index contributed by atoms with van der Waals surface area (Å²) >= 11 is 0. The maximum atomic E-state index is 5.37. The number of rotatable bonds is 4. The van der Waals surface area contributed by atoms with Crippen molar-refractivity contribution >= 4 is 0 Å². The van der Waals surface area contributed by atoms with Gasteiger partial charge in [0.05, 0.1) is 0 Å². The molecule has 0 N–H and O–H groups in total. The van der Waals surface area contributed by atoms with Crippen LogP contribution in [0.15, 0.2) is 33.3 Å². The van der Waals surface area contributed by atoms with Crippen LogP contribution in [-0.2, 0) is 0 Å². The molecule has 2 aliphatic carbocycles. The third-order valence-electron chi connectivity index (χ3n) is 4.12. The van der Waals surface area contributed by atoms with E-state index in [1.54, 1.807) is 0 Å². The maximum absolute atomic E-state index is 5.37. The summed E-state index contributed by atoms with van der Waals surface area (Å²) in [5, 5.41) is 8.13. The zero-order chi connectivity index (χ0) is 14.5. The van der Waals surface area contributed by atoms with Gasteiger partial charge >= 0.3 is 0 Å². The molecule has 0 bridgehead atoms. The van der Waals surface area contributed by atoms with E-state index in [2.05, 4.69) is 20.3 Å². The van der Waals surface area contributed by atoms with Gasteiger partial charge in [0.25, 0.3) is 5.89 Å². The summed E-state index contributed by atoms with van der Waals surface area (Å²) in [5.41, 5.74) is 1.79. The van der Waals surface area contributed by atoms with Gasteiger partial charge < -0.3 is 9.05 Å². The minimum absolute atomic E-state index is 0.460. The first-order chi connectivity index (χ1) is 10.9. The van der Waals surface area contributed by atoms with Gasteiger partial charge in [-0.15, -0.1) is 0 Å². The van der Waals surface area contributed by atoms with Gasteiger partial charge in [-0.1, -0.05) is 22.4 Å². The van der Waals surface area contributed by atoms with Gasteiger partial charge in [0.15, 0.2) is 5.82 Å². The molecule has 0 spiro atoms. The molecular weight excluding hydrogens is 280 g/mol. The molecule has 0 radical (unpaired) electrons. The highest BCUT2D eigenvalue weighted by Crippen LogP contribution is 2.40. The topological polar surface area (TPSA) is 77.8 Å². The zero-order valence-electron chi connectivity index (χ0n) is 11.9. The third-order valence-corrected chi connectivity index (χ3v) is 4.12. The summed E-state index contributed by atoms with van der Waals surface area (Å²) < 4.78 is 10.7. The molecule has 0 unspecified atom stereocenters. The lowest BCUT2D eigenvalue weighted by Gasteiger charge is -1.97. The minimum atomic E-state index is 0.460. The van der Waals surface area contributed by atoms with E-state index < -0.39 is 0 Å². The molecule has 0 atom stereocenters. The number of nitrogens with zero attached hydrogens (tertiary/aromatic N) is 4. The zero-order valence-corrected chi connectivity index (χ0v) is 11.9. The van der Waals surface area contributed by atoms with E-state index in [4.69, 9.17) is 9.05 Å².